The Labute approximate surface area is 97.3 Å². The Morgan fingerprint density at radius 3 is 2.94 bits per heavy atom. The van der Waals surface area contributed by atoms with Gasteiger partial charge in [0, 0.05) is 25.2 Å². The molecule has 1 saturated heterocycles. The minimum Gasteiger partial charge on any atom is -0.478 e. The molecular formula is C12H22N2O2. The van der Waals surface area contributed by atoms with E-state index in [1.54, 1.807) is 6.08 Å². The number of carboxylic acids is 1. The van der Waals surface area contributed by atoms with E-state index < -0.39 is 5.97 Å². The molecule has 0 amide bonds. The van der Waals surface area contributed by atoms with Gasteiger partial charge in [-0.15, -0.1) is 0 Å². The Hall–Kier alpha value is -0.870. The molecule has 92 valence electrons. The molecule has 0 aliphatic carbocycles. The van der Waals surface area contributed by atoms with Crippen LogP contribution in [0.5, 0.6) is 0 Å². The number of nitrogens with zero attached hydrogens (tertiary/aromatic N) is 1. The summed E-state index contributed by atoms with van der Waals surface area (Å²) in [5.74, 6) is -0.172. The fraction of sp³-hybridized carbons (Fsp3) is 0.750. The molecule has 1 atom stereocenters. The van der Waals surface area contributed by atoms with Gasteiger partial charge in [0.15, 0.2) is 0 Å². The van der Waals surface area contributed by atoms with Crippen molar-refractivity contribution in [1.82, 2.24) is 10.2 Å². The third-order valence-corrected chi connectivity index (χ3v) is 3.00. The van der Waals surface area contributed by atoms with Crippen LogP contribution in [0.4, 0.5) is 0 Å². The molecule has 1 rings (SSSR count). The van der Waals surface area contributed by atoms with Gasteiger partial charge >= 0.3 is 5.97 Å². The van der Waals surface area contributed by atoms with Gasteiger partial charge in [0.2, 0.25) is 0 Å². The highest BCUT2D eigenvalue weighted by atomic mass is 16.4. The van der Waals surface area contributed by atoms with Crippen LogP contribution in [0.15, 0.2) is 12.2 Å². The second-order valence-corrected chi connectivity index (χ2v) is 4.64. The van der Waals surface area contributed by atoms with Gasteiger partial charge in [-0.1, -0.05) is 6.08 Å². The number of carboxylic acid groups (broad SMARTS) is 1. The fourth-order valence-electron chi connectivity index (χ4n) is 2.03. The highest BCUT2D eigenvalue weighted by Gasteiger charge is 2.23. The first-order valence-electron chi connectivity index (χ1n) is 5.94. The van der Waals surface area contributed by atoms with Gasteiger partial charge in [-0.3, -0.25) is 0 Å². The Kier molecular flexibility index (Phi) is 5.49. The molecular weight excluding hydrogens is 204 g/mol. The molecule has 0 spiro atoms. The van der Waals surface area contributed by atoms with Crippen LogP contribution in [0.1, 0.15) is 20.3 Å². The highest BCUT2D eigenvalue weighted by molar-refractivity contribution is 5.79. The maximum absolute atomic E-state index is 10.2. The third kappa shape index (κ3) is 4.77. The number of carbonyl (C=O) groups is 1. The largest absolute Gasteiger partial charge is 0.478 e. The van der Waals surface area contributed by atoms with Crippen molar-refractivity contribution >= 4 is 5.97 Å². The summed E-state index contributed by atoms with van der Waals surface area (Å²) in [7, 11) is 0. The summed E-state index contributed by atoms with van der Waals surface area (Å²) in [6.07, 6.45) is 4.08. The van der Waals surface area contributed by atoms with Crippen molar-refractivity contribution in [2.24, 2.45) is 5.92 Å². The lowest BCUT2D eigenvalue weighted by molar-refractivity contribution is -0.131. The second kappa shape index (κ2) is 6.66. The molecule has 1 heterocycles. The van der Waals surface area contributed by atoms with E-state index in [0.717, 1.165) is 13.1 Å². The smallest absolute Gasteiger partial charge is 0.328 e. The van der Waals surface area contributed by atoms with Gasteiger partial charge < -0.3 is 15.3 Å². The fourth-order valence-corrected chi connectivity index (χ4v) is 2.03. The number of likely N-dealkylation sites (tertiary alicyclic amines) is 1. The van der Waals surface area contributed by atoms with Crippen LogP contribution in [-0.2, 0) is 4.79 Å². The zero-order valence-electron chi connectivity index (χ0n) is 10.1. The number of aliphatic carboxylic acids is 1. The predicted molar refractivity (Wildman–Crippen MR) is 64.5 cm³/mol. The molecule has 2 N–H and O–H groups in total. The van der Waals surface area contributed by atoms with E-state index in [2.05, 4.69) is 24.1 Å². The van der Waals surface area contributed by atoms with Crippen LogP contribution < -0.4 is 5.32 Å². The van der Waals surface area contributed by atoms with E-state index in [1.165, 1.54) is 19.0 Å². The van der Waals surface area contributed by atoms with Crippen LogP contribution in [-0.4, -0.2) is 48.2 Å². The molecule has 0 radical (unpaired) electrons. The molecule has 1 aliphatic heterocycles. The maximum Gasteiger partial charge on any atom is 0.328 e. The van der Waals surface area contributed by atoms with E-state index in [1.807, 2.05) is 0 Å². The van der Waals surface area contributed by atoms with Gasteiger partial charge in [0.1, 0.15) is 0 Å². The standard InChI is InChI=1S/C12H22N2O2/c1-10(2)14-7-5-11(9-14)8-13-6-3-4-12(15)16/h3-4,10-11,13H,5-9H2,1-2H3,(H,15,16)/b4-3+. The molecule has 16 heavy (non-hydrogen) atoms. The van der Waals surface area contributed by atoms with Crippen molar-refractivity contribution < 1.29 is 9.90 Å². The molecule has 0 aromatic carbocycles. The lowest BCUT2D eigenvalue weighted by Crippen LogP contribution is -2.30. The summed E-state index contributed by atoms with van der Waals surface area (Å²) in [6, 6.07) is 0.636. The average Bonchev–Trinajstić information content (AvgIpc) is 2.65. The molecule has 0 aromatic heterocycles. The van der Waals surface area contributed by atoms with E-state index in [9.17, 15) is 4.79 Å². The first-order chi connectivity index (χ1) is 7.59. The van der Waals surface area contributed by atoms with Crippen molar-refractivity contribution in [2.75, 3.05) is 26.2 Å². The summed E-state index contributed by atoms with van der Waals surface area (Å²) in [4.78, 5) is 12.7. The Morgan fingerprint density at radius 2 is 2.38 bits per heavy atom. The summed E-state index contributed by atoms with van der Waals surface area (Å²) >= 11 is 0. The molecule has 1 aliphatic rings. The van der Waals surface area contributed by atoms with Crippen LogP contribution in [0.3, 0.4) is 0 Å². The zero-order valence-corrected chi connectivity index (χ0v) is 10.1. The van der Waals surface area contributed by atoms with E-state index in [4.69, 9.17) is 5.11 Å². The van der Waals surface area contributed by atoms with Gasteiger partial charge in [0.05, 0.1) is 0 Å². The number of hydrogen-bond acceptors (Lipinski definition) is 3. The SMILES string of the molecule is CC(C)N1CCC(CNC/C=C/C(=O)O)C1. The molecule has 4 nitrogen and oxygen atoms in total. The van der Waals surface area contributed by atoms with Crippen molar-refractivity contribution in [3.05, 3.63) is 12.2 Å². The van der Waals surface area contributed by atoms with Crippen molar-refractivity contribution in [2.45, 2.75) is 26.3 Å². The zero-order chi connectivity index (χ0) is 12.0. The summed E-state index contributed by atoms with van der Waals surface area (Å²) in [5.41, 5.74) is 0. The van der Waals surface area contributed by atoms with Gasteiger partial charge in [0.25, 0.3) is 0 Å². The first kappa shape index (κ1) is 13.2. The van der Waals surface area contributed by atoms with Crippen LogP contribution in [0.25, 0.3) is 0 Å². The molecule has 1 fully saturated rings. The molecule has 0 bridgehead atoms. The second-order valence-electron chi connectivity index (χ2n) is 4.64. The molecule has 0 saturated carbocycles. The van der Waals surface area contributed by atoms with Gasteiger partial charge in [-0.2, -0.15) is 0 Å². The van der Waals surface area contributed by atoms with Gasteiger partial charge in [-0.25, -0.2) is 4.79 Å². The minimum absolute atomic E-state index is 0.636. The predicted octanol–water partition coefficient (Wildman–Crippen LogP) is 0.947. The number of rotatable bonds is 6. The normalized spacial score (nSPS) is 22.3. The van der Waals surface area contributed by atoms with Crippen molar-refractivity contribution in [3.63, 3.8) is 0 Å². The lowest BCUT2D eigenvalue weighted by atomic mass is 10.1. The third-order valence-electron chi connectivity index (χ3n) is 3.00. The quantitative estimate of drug-likeness (QED) is 0.523. The Bertz CT molecular complexity index is 251. The van der Waals surface area contributed by atoms with E-state index in [-0.39, 0.29) is 0 Å². The van der Waals surface area contributed by atoms with Crippen LogP contribution in [0.2, 0.25) is 0 Å². The molecule has 1 unspecified atom stereocenters. The Morgan fingerprint density at radius 1 is 1.62 bits per heavy atom. The average molecular weight is 226 g/mol. The Balaban J connectivity index is 2.09. The topological polar surface area (TPSA) is 52.6 Å². The highest BCUT2D eigenvalue weighted by Crippen LogP contribution is 2.17. The molecule has 4 heteroatoms. The van der Waals surface area contributed by atoms with Crippen molar-refractivity contribution in [1.29, 1.82) is 0 Å². The summed E-state index contributed by atoms with van der Waals surface area (Å²) in [6.45, 7) is 8.43. The number of nitrogens with one attached hydrogen (secondary N) is 1. The van der Waals surface area contributed by atoms with Crippen molar-refractivity contribution in [3.8, 4) is 0 Å². The minimum atomic E-state index is -0.881. The van der Waals surface area contributed by atoms with Gasteiger partial charge in [-0.05, 0) is 39.3 Å². The maximum atomic E-state index is 10.2. The summed E-state index contributed by atoms with van der Waals surface area (Å²) in [5, 5.41) is 11.7. The first-order valence-corrected chi connectivity index (χ1v) is 5.94. The summed E-state index contributed by atoms with van der Waals surface area (Å²) < 4.78 is 0. The molecule has 0 aromatic rings. The monoisotopic (exact) mass is 226 g/mol. The van der Waals surface area contributed by atoms with Crippen LogP contribution in [0, 0.1) is 5.92 Å². The van der Waals surface area contributed by atoms with Crippen LogP contribution >= 0.6 is 0 Å². The number of hydrogen-bond donors (Lipinski definition) is 2. The van der Waals surface area contributed by atoms with E-state index in [0.29, 0.717) is 18.5 Å². The van der Waals surface area contributed by atoms with E-state index >= 15 is 0 Å². The lowest BCUT2D eigenvalue weighted by Gasteiger charge is -2.20.